The highest BCUT2D eigenvalue weighted by atomic mass is 79.9. The van der Waals surface area contributed by atoms with Gasteiger partial charge in [-0.1, -0.05) is 12.1 Å². The maximum atomic E-state index is 14.0. The van der Waals surface area contributed by atoms with Crippen LogP contribution in [-0.4, -0.2) is 101 Å². The number of hydrogen-bond donors (Lipinski definition) is 4. The minimum Gasteiger partial charge on any atom is -0.381 e. The SMILES string of the molecule is O=C1CCC(N2C(=O)c3ccc(CN4CCN(c5ccc(C(=O)Nc6n[nH]c7ccc(Cc8cc(F)cc(F)c8)cc67)c(NC6CCOCC6)c5)CC4)c(Br)c3C2=O)C(=O)N1. The van der Waals surface area contributed by atoms with Crippen molar-refractivity contribution in [3.8, 4) is 0 Å². The lowest BCUT2D eigenvalue weighted by atomic mass is 10.0. The smallest absolute Gasteiger partial charge is 0.263 e. The second-order valence-corrected chi connectivity index (χ2v) is 16.6. The largest absolute Gasteiger partial charge is 0.381 e. The molecule has 4 aromatic carbocycles. The zero-order valence-corrected chi connectivity index (χ0v) is 34.4. The van der Waals surface area contributed by atoms with Gasteiger partial charge < -0.3 is 20.3 Å². The van der Waals surface area contributed by atoms with Gasteiger partial charge >= 0.3 is 0 Å². The van der Waals surface area contributed by atoms with Crippen LogP contribution < -0.4 is 20.9 Å². The van der Waals surface area contributed by atoms with Crippen molar-refractivity contribution in [3.63, 3.8) is 0 Å². The van der Waals surface area contributed by atoms with Gasteiger partial charge in [0.2, 0.25) is 11.8 Å². The molecular formula is C44H41BrF2N8O6. The number of H-pyrrole nitrogens is 1. The van der Waals surface area contributed by atoms with Gasteiger partial charge in [-0.15, -0.1) is 0 Å². The van der Waals surface area contributed by atoms with Gasteiger partial charge in [-0.05, 0) is 107 Å². The summed E-state index contributed by atoms with van der Waals surface area (Å²) in [5.74, 6) is -3.48. The first-order valence-electron chi connectivity index (χ1n) is 20.2. The number of anilines is 3. The Balaban J connectivity index is 0.887. The number of fused-ring (bicyclic) bond motifs is 2. The summed E-state index contributed by atoms with van der Waals surface area (Å²) >= 11 is 3.60. The average Bonchev–Trinajstić information content (AvgIpc) is 3.75. The van der Waals surface area contributed by atoms with Crippen LogP contribution in [0.5, 0.6) is 0 Å². The van der Waals surface area contributed by atoms with E-state index in [4.69, 9.17) is 4.74 Å². The fraction of sp³-hybridized carbons (Fsp3) is 0.318. The molecule has 1 aromatic heterocycles. The van der Waals surface area contributed by atoms with Crippen molar-refractivity contribution in [3.05, 3.63) is 116 Å². The predicted octanol–water partition coefficient (Wildman–Crippen LogP) is 5.76. The molecule has 314 valence electrons. The number of carbonyl (C=O) groups excluding carboxylic acids is 5. The van der Waals surface area contributed by atoms with Crippen molar-refractivity contribution >= 4 is 73.6 Å². The van der Waals surface area contributed by atoms with Gasteiger partial charge in [0.1, 0.15) is 17.7 Å². The first kappa shape index (κ1) is 40.4. The fourth-order valence-electron chi connectivity index (χ4n) is 8.59. The number of ether oxygens (including phenoxy) is 1. The van der Waals surface area contributed by atoms with Crippen LogP contribution in [0.25, 0.3) is 10.9 Å². The van der Waals surface area contributed by atoms with Gasteiger partial charge in [0, 0.05) is 85.7 Å². The maximum Gasteiger partial charge on any atom is 0.263 e. The Bertz CT molecular complexity index is 2590. The van der Waals surface area contributed by atoms with Crippen LogP contribution in [0, 0.1) is 11.6 Å². The van der Waals surface area contributed by atoms with Crippen molar-refractivity contribution in [2.75, 3.05) is 54.9 Å². The molecule has 0 spiro atoms. The molecule has 3 fully saturated rings. The van der Waals surface area contributed by atoms with Crippen LogP contribution in [0.4, 0.5) is 26.0 Å². The molecule has 14 nitrogen and oxygen atoms in total. The molecule has 4 aliphatic heterocycles. The first-order chi connectivity index (χ1) is 29.5. The van der Waals surface area contributed by atoms with Crippen molar-refractivity contribution in [2.24, 2.45) is 0 Å². The summed E-state index contributed by atoms with van der Waals surface area (Å²) in [6, 6.07) is 17.2. The fourth-order valence-corrected chi connectivity index (χ4v) is 9.23. The molecule has 5 amide bonds. The Labute approximate surface area is 357 Å². The summed E-state index contributed by atoms with van der Waals surface area (Å²) in [5.41, 5.74) is 5.34. The van der Waals surface area contributed by atoms with Crippen LogP contribution in [-0.2, 0) is 27.3 Å². The van der Waals surface area contributed by atoms with Gasteiger partial charge in [0.05, 0.1) is 22.2 Å². The highest BCUT2D eigenvalue weighted by Gasteiger charge is 2.46. The molecule has 0 bridgehead atoms. The van der Waals surface area contributed by atoms with E-state index in [1.807, 2.05) is 42.5 Å². The Hall–Kier alpha value is -6.04. The van der Waals surface area contributed by atoms with Gasteiger partial charge in [0.15, 0.2) is 5.82 Å². The zero-order valence-electron chi connectivity index (χ0n) is 32.9. The monoisotopic (exact) mass is 894 g/mol. The number of halogens is 3. The van der Waals surface area contributed by atoms with E-state index in [9.17, 15) is 32.8 Å². The quantitative estimate of drug-likeness (QED) is 0.127. The summed E-state index contributed by atoms with van der Waals surface area (Å²) in [5, 5.41) is 16.8. The van der Waals surface area contributed by atoms with E-state index in [-0.39, 0.29) is 35.9 Å². The number of piperazine rings is 1. The molecule has 0 aliphatic carbocycles. The summed E-state index contributed by atoms with van der Waals surface area (Å²) in [4.78, 5) is 70.6. The number of nitrogens with zero attached hydrogens (tertiary/aromatic N) is 4. The summed E-state index contributed by atoms with van der Waals surface area (Å²) in [7, 11) is 0. The molecule has 5 heterocycles. The van der Waals surface area contributed by atoms with E-state index >= 15 is 0 Å². The molecule has 0 radical (unpaired) electrons. The number of aromatic nitrogens is 2. The minimum absolute atomic E-state index is 0.0496. The summed E-state index contributed by atoms with van der Waals surface area (Å²) < 4.78 is 33.9. The number of amides is 5. The Morgan fingerprint density at radius 2 is 1.64 bits per heavy atom. The van der Waals surface area contributed by atoms with Gasteiger partial charge in [-0.2, -0.15) is 5.10 Å². The lowest BCUT2D eigenvalue weighted by Gasteiger charge is -2.36. The van der Waals surface area contributed by atoms with Crippen LogP contribution >= 0.6 is 15.9 Å². The van der Waals surface area contributed by atoms with Crippen LogP contribution in [0.15, 0.2) is 71.2 Å². The number of benzene rings is 4. The second kappa shape index (κ2) is 16.8. The molecule has 0 saturated carbocycles. The van der Waals surface area contributed by atoms with E-state index in [0.29, 0.717) is 90.4 Å². The van der Waals surface area contributed by atoms with Crippen LogP contribution in [0.2, 0.25) is 0 Å². The lowest BCUT2D eigenvalue weighted by molar-refractivity contribution is -0.136. The molecule has 9 rings (SSSR count). The standard InChI is InChI=1S/C44H41BrF2N8O6/c45-39-26(2-4-32-38(39)44(60)55(43(32)59)36-7-8-37(56)49-42(36)58)23-53-11-13-54(14-12-53)30-3-5-31(35(22-30)48-29-9-15-61-16-10-29)41(57)50-40-33-20-24(1-6-34(33)51-52-40)17-25-18-27(46)21-28(47)19-25/h1-6,18-22,29,36,48H,7-17,23H2,(H,49,56,58)(H2,50,51,52,57). The van der Waals surface area contributed by atoms with Gasteiger partial charge in [-0.25, -0.2) is 8.78 Å². The summed E-state index contributed by atoms with van der Waals surface area (Å²) in [6.45, 7) is 4.54. The van der Waals surface area contributed by atoms with Crippen molar-refractivity contribution in [2.45, 2.75) is 50.7 Å². The highest BCUT2D eigenvalue weighted by molar-refractivity contribution is 9.10. The third-order valence-electron chi connectivity index (χ3n) is 11.8. The maximum absolute atomic E-state index is 14.0. The van der Waals surface area contributed by atoms with E-state index in [0.717, 1.165) is 40.6 Å². The highest BCUT2D eigenvalue weighted by Crippen LogP contribution is 2.36. The first-order valence-corrected chi connectivity index (χ1v) is 21.0. The number of rotatable bonds is 10. The second-order valence-electron chi connectivity index (χ2n) is 15.8. The topological polar surface area (TPSA) is 169 Å². The van der Waals surface area contributed by atoms with E-state index in [1.54, 1.807) is 6.07 Å². The van der Waals surface area contributed by atoms with Crippen molar-refractivity contribution in [1.29, 1.82) is 0 Å². The Morgan fingerprint density at radius 3 is 2.39 bits per heavy atom. The van der Waals surface area contributed by atoms with Crippen LogP contribution in [0.1, 0.15) is 73.4 Å². The van der Waals surface area contributed by atoms with Gasteiger partial charge in [-0.3, -0.25) is 44.2 Å². The third kappa shape index (κ3) is 8.24. The average molecular weight is 896 g/mol. The number of imide groups is 2. The van der Waals surface area contributed by atoms with E-state index in [1.165, 1.54) is 12.1 Å². The Morgan fingerprint density at radius 1 is 0.869 bits per heavy atom. The van der Waals surface area contributed by atoms with E-state index in [2.05, 4.69) is 51.9 Å². The third-order valence-corrected chi connectivity index (χ3v) is 12.7. The molecular weight excluding hydrogens is 854 g/mol. The molecule has 3 saturated heterocycles. The number of piperidine rings is 1. The zero-order chi connectivity index (χ0) is 42.4. The molecule has 1 unspecified atom stereocenters. The molecule has 17 heteroatoms. The van der Waals surface area contributed by atoms with Crippen LogP contribution in [0.3, 0.4) is 0 Å². The molecule has 4 aliphatic rings. The molecule has 1 atom stereocenters. The van der Waals surface area contributed by atoms with Crippen molar-refractivity contribution < 1.29 is 37.5 Å². The molecule has 4 N–H and O–H groups in total. The number of aromatic amines is 1. The molecule has 5 aromatic rings. The van der Waals surface area contributed by atoms with Crippen molar-refractivity contribution in [1.82, 2.24) is 25.3 Å². The Kier molecular flexibility index (Phi) is 11.1. The predicted molar refractivity (Wildman–Crippen MR) is 225 cm³/mol. The summed E-state index contributed by atoms with van der Waals surface area (Å²) in [6.07, 6.45) is 2.01. The normalized spacial score (nSPS) is 18.8. The number of hydrogen-bond acceptors (Lipinski definition) is 10. The van der Waals surface area contributed by atoms with E-state index < -0.39 is 41.3 Å². The number of nitrogens with one attached hydrogen (secondary N) is 4. The molecule has 61 heavy (non-hydrogen) atoms. The van der Waals surface area contributed by atoms with Gasteiger partial charge in [0.25, 0.3) is 17.7 Å². The lowest BCUT2D eigenvalue weighted by Crippen LogP contribution is -2.54. The minimum atomic E-state index is -1.04. The number of carbonyl (C=O) groups is 5.